The summed E-state index contributed by atoms with van der Waals surface area (Å²) in [5.41, 5.74) is 1.45. The normalized spacial score (nSPS) is 10.6. The lowest BCUT2D eigenvalue weighted by atomic mass is 10.2. The van der Waals surface area contributed by atoms with Gasteiger partial charge in [0.2, 0.25) is 0 Å². The fraction of sp³-hybridized carbons (Fsp3) is 0.176. The Labute approximate surface area is 127 Å². The summed E-state index contributed by atoms with van der Waals surface area (Å²) in [6.07, 6.45) is 3.87. The van der Waals surface area contributed by atoms with Crippen LogP contribution in [0.2, 0.25) is 0 Å². The first-order valence-electron chi connectivity index (χ1n) is 7.00. The van der Waals surface area contributed by atoms with Crippen molar-refractivity contribution in [3.8, 4) is 11.5 Å². The Morgan fingerprint density at radius 3 is 2.95 bits per heavy atom. The van der Waals surface area contributed by atoms with Crippen LogP contribution in [-0.4, -0.2) is 23.7 Å². The zero-order valence-corrected chi connectivity index (χ0v) is 12.2. The van der Waals surface area contributed by atoms with E-state index < -0.39 is 0 Å². The molecule has 22 heavy (non-hydrogen) atoms. The molecule has 2 heterocycles. The smallest absolute Gasteiger partial charge is 0.251 e. The van der Waals surface area contributed by atoms with E-state index in [9.17, 15) is 4.79 Å². The van der Waals surface area contributed by atoms with Gasteiger partial charge in [-0.3, -0.25) is 9.78 Å². The highest BCUT2D eigenvalue weighted by molar-refractivity contribution is 5.85. The van der Waals surface area contributed by atoms with E-state index >= 15 is 0 Å². The molecule has 5 nitrogen and oxygen atoms in total. The molecule has 3 aromatic rings. The van der Waals surface area contributed by atoms with E-state index in [0.29, 0.717) is 18.6 Å². The number of benzene rings is 1. The molecule has 1 aromatic carbocycles. The predicted octanol–water partition coefficient (Wildman–Crippen LogP) is 2.55. The Kier molecular flexibility index (Phi) is 4.05. The van der Waals surface area contributed by atoms with Gasteiger partial charge in [-0.2, -0.15) is 0 Å². The zero-order valence-electron chi connectivity index (χ0n) is 12.2. The topological polar surface area (TPSA) is 64.2 Å². The number of nitrogens with zero attached hydrogens (tertiary/aromatic N) is 1. The molecule has 0 aliphatic rings. The molecule has 112 valence electrons. The number of hydrogen-bond acceptors (Lipinski definition) is 4. The van der Waals surface area contributed by atoms with Crippen LogP contribution in [0, 0.1) is 0 Å². The van der Waals surface area contributed by atoms with Gasteiger partial charge in [0.15, 0.2) is 0 Å². The molecule has 0 unspecified atom stereocenters. The van der Waals surface area contributed by atoms with Crippen LogP contribution in [0.5, 0.6) is 11.5 Å². The Balaban J connectivity index is 1.77. The monoisotopic (exact) mass is 296 g/mol. The number of methoxy groups -OCH3 is 1. The molecule has 0 aliphatic carbocycles. The number of aromatic amines is 1. The number of ether oxygens (including phenoxy) is 2. The van der Waals surface area contributed by atoms with E-state index in [1.807, 2.05) is 30.3 Å². The molecule has 0 bridgehead atoms. The molecule has 0 spiro atoms. The average molecular weight is 296 g/mol. The van der Waals surface area contributed by atoms with Gasteiger partial charge >= 0.3 is 0 Å². The summed E-state index contributed by atoms with van der Waals surface area (Å²) in [5, 5.41) is 0.922. The fourth-order valence-corrected chi connectivity index (χ4v) is 2.28. The third-order valence-electron chi connectivity index (χ3n) is 3.44. The van der Waals surface area contributed by atoms with Crippen LogP contribution in [0.4, 0.5) is 0 Å². The molecule has 0 atom stereocenters. The molecule has 3 rings (SSSR count). The van der Waals surface area contributed by atoms with Gasteiger partial charge in [0.25, 0.3) is 5.56 Å². The molecule has 5 heteroatoms. The van der Waals surface area contributed by atoms with Crippen molar-refractivity contribution in [3.05, 3.63) is 64.7 Å². The minimum absolute atomic E-state index is 0.0737. The Hall–Kier alpha value is -2.82. The first-order chi connectivity index (χ1) is 10.8. The highest BCUT2D eigenvalue weighted by Crippen LogP contribution is 2.27. The van der Waals surface area contributed by atoms with Gasteiger partial charge in [0.1, 0.15) is 11.5 Å². The minimum atomic E-state index is -0.0737. The van der Waals surface area contributed by atoms with Crippen molar-refractivity contribution in [2.75, 3.05) is 13.7 Å². The summed E-state index contributed by atoms with van der Waals surface area (Å²) in [6.45, 7) is 0.429. The Morgan fingerprint density at radius 1 is 1.23 bits per heavy atom. The SMILES string of the molecule is COc1ccc2c(OCCc3ccc[nH]c3=O)ccnc2c1. The second-order valence-corrected chi connectivity index (χ2v) is 4.82. The summed E-state index contributed by atoms with van der Waals surface area (Å²) in [5.74, 6) is 1.51. The van der Waals surface area contributed by atoms with Crippen molar-refractivity contribution < 1.29 is 9.47 Å². The van der Waals surface area contributed by atoms with Gasteiger partial charge in [-0.1, -0.05) is 6.07 Å². The molecule has 0 aliphatic heterocycles. The standard InChI is InChI=1S/C17H16N2O3/c1-21-13-4-5-14-15(11-13)18-9-6-16(14)22-10-7-12-3-2-8-19-17(12)20/h2-6,8-9,11H,7,10H2,1H3,(H,19,20). The van der Waals surface area contributed by atoms with E-state index in [4.69, 9.17) is 9.47 Å². The third kappa shape index (κ3) is 2.93. The quantitative estimate of drug-likeness (QED) is 0.786. The van der Waals surface area contributed by atoms with Crippen LogP contribution in [0.3, 0.4) is 0 Å². The predicted molar refractivity (Wildman–Crippen MR) is 84.6 cm³/mol. The molecule has 1 N–H and O–H groups in total. The first kappa shape index (κ1) is 14.1. The number of H-pyrrole nitrogens is 1. The van der Waals surface area contributed by atoms with Crippen LogP contribution < -0.4 is 15.0 Å². The van der Waals surface area contributed by atoms with Crippen molar-refractivity contribution in [3.63, 3.8) is 0 Å². The third-order valence-corrected chi connectivity index (χ3v) is 3.44. The van der Waals surface area contributed by atoms with Crippen LogP contribution in [0.25, 0.3) is 10.9 Å². The van der Waals surface area contributed by atoms with Crippen molar-refractivity contribution in [1.29, 1.82) is 0 Å². The lowest BCUT2D eigenvalue weighted by molar-refractivity contribution is 0.325. The van der Waals surface area contributed by atoms with Gasteiger partial charge in [-0.05, 0) is 24.3 Å². The van der Waals surface area contributed by atoms with Gasteiger partial charge in [-0.15, -0.1) is 0 Å². The first-order valence-corrected chi connectivity index (χ1v) is 7.00. The number of fused-ring (bicyclic) bond motifs is 1. The maximum absolute atomic E-state index is 11.6. The van der Waals surface area contributed by atoms with Gasteiger partial charge in [-0.25, -0.2) is 0 Å². The lowest BCUT2D eigenvalue weighted by Crippen LogP contribution is -2.14. The molecule has 0 amide bonds. The van der Waals surface area contributed by atoms with E-state index in [-0.39, 0.29) is 5.56 Å². The van der Waals surface area contributed by atoms with E-state index in [1.165, 1.54) is 0 Å². The summed E-state index contributed by atoms with van der Waals surface area (Å²) in [6, 6.07) is 11.1. The molecule has 2 aromatic heterocycles. The van der Waals surface area contributed by atoms with E-state index in [1.54, 1.807) is 25.6 Å². The largest absolute Gasteiger partial charge is 0.497 e. The van der Waals surface area contributed by atoms with Gasteiger partial charge < -0.3 is 14.5 Å². The van der Waals surface area contributed by atoms with Crippen LogP contribution in [0.1, 0.15) is 5.56 Å². The highest BCUT2D eigenvalue weighted by atomic mass is 16.5. The number of rotatable bonds is 5. The number of nitrogens with one attached hydrogen (secondary N) is 1. The Bertz CT molecular complexity index is 842. The summed E-state index contributed by atoms with van der Waals surface area (Å²) in [4.78, 5) is 18.6. The maximum atomic E-state index is 11.6. The highest BCUT2D eigenvalue weighted by Gasteiger charge is 2.05. The maximum Gasteiger partial charge on any atom is 0.251 e. The second-order valence-electron chi connectivity index (χ2n) is 4.82. The molecule has 0 radical (unpaired) electrons. The van der Waals surface area contributed by atoms with E-state index in [0.717, 1.165) is 22.4 Å². The van der Waals surface area contributed by atoms with Crippen LogP contribution in [-0.2, 0) is 6.42 Å². The summed E-state index contributed by atoms with van der Waals surface area (Å²) >= 11 is 0. The van der Waals surface area contributed by atoms with E-state index in [2.05, 4.69) is 9.97 Å². The number of aromatic nitrogens is 2. The van der Waals surface area contributed by atoms with Gasteiger partial charge in [0.05, 0.1) is 19.2 Å². The van der Waals surface area contributed by atoms with Gasteiger partial charge in [0, 0.05) is 35.8 Å². The van der Waals surface area contributed by atoms with Crippen LogP contribution in [0.15, 0.2) is 53.6 Å². The van der Waals surface area contributed by atoms with Crippen molar-refractivity contribution in [2.24, 2.45) is 0 Å². The average Bonchev–Trinajstić information content (AvgIpc) is 2.56. The summed E-state index contributed by atoms with van der Waals surface area (Å²) in [7, 11) is 1.62. The summed E-state index contributed by atoms with van der Waals surface area (Å²) < 4.78 is 11.0. The van der Waals surface area contributed by atoms with Crippen LogP contribution >= 0.6 is 0 Å². The lowest BCUT2D eigenvalue weighted by Gasteiger charge is -2.09. The molecular weight excluding hydrogens is 280 g/mol. The number of hydrogen-bond donors (Lipinski definition) is 1. The number of pyridine rings is 2. The fourth-order valence-electron chi connectivity index (χ4n) is 2.28. The van der Waals surface area contributed by atoms with Crippen molar-refractivity contribution in [2.45, 2.75) is 6.42 Å². The second kappa shape index (κ2) is 6.30. The van der Waals surface area contributed by atoms with Crippen molar-refractivity contribution >= 4 is 10.9 Å². The molecule has 0 saturated heterocycles. The van der Waals surface area contributed by atoms with Crippen molar-refractivity contribution in [1.82, 2.24) is 9.97 Å². The minimum Gasteiger partial charge on any atom is -0.497 e. The molecule has 0 fully saturated rings. The molecule has 0 saturated carbocycles. The Morgan fingerprint density at radius 2 is 2.14 bits per heavy atom. The zero-order chi connectivity index (χ0) is 15.4. The molecular formula is C17H16N2O3.